The summed E-state index contributed by atoms with van der Waals surface area (Å²) < 4.78 is 1.72. The zero-order valence-corrected chi connectivity index (χ0v) is 19.2. The highest BCUT2D eigenvalue weighted by Crippen LogP contribution is 2.23. The highest BCUT2D eigenvalue weighted by molar-refractivity contribution is 5.96. The average molecular weight is 451 g/mol. The van der Waals surface area contributed by atoms with Crippen molar-refractivity contribution < 1.29 is 4.79 Å². The number of aromatic nitrogens is 2. The Balaban J connectivity index is 1.47. The van der Waals surface area contributed by atoms with Crippen molar-refractivity contribution in [2.45, 2.75) is 6.04 Å². The number of H-pyrrole nitrogens is 1. The van der Waals surface area contributed by atoms with Gasteiger partial charge in [-0.25, -0.2) is 0 Å². The van der Waals surface area contributed by atoms with Crippen molar-refractivity contribution in [2.75, 3.05) is 20.6 Å². The number of amides is 1. The molecule has 0 aliphatic rings. The van der Waals surface area contributed by atoms with Crippen LogP contribution >= 0.6 is 0 Å². The van der Waals surface area contributed by atoms with E-state index >= 15 is 0 Å². The van der Waals surface area contributed by atoms with Gasteiger partial charge < -0.3 is 19.6 Å². The van der Waals surface area contributed by atoms with Gasteiger partial charge >= 0.3 is 0 Å². The van der Waals surface area contributed by atoms with Crippen LogP contribution in [0.2, 0.25) is 0 Å². The Bertz CT molecular complexity index is 1530. The lowest BCUT2D eigenvalue weighted by atomic mass is 10.1. The van der Waals surface area contributed by atoms with Crippen molar-refractivity contribution in [3.05, 3.63) is 113 Å². The van der Waals surface area contributed by atoms with Gasteiger partial charge in [0.1, 0.15) is 5.52 Å². The van der Waals surface area contributed by atoms with Crippen LogP contribution in [0.4, 0.5) is 0 Å². The average Bonchev–Trinajstić information content (AvgIpc) is 3.29. The maximum absolute atomic E-state index is 13.1. The molecule has 0 saturated carbocycles. The molecule has 5 rings (SSSR count). The minimum absolute atomic E-state index is 0.168. The van der Waals surface area contributed by atoms with Gasteiger partial charge in [-0.15, -0.1) is 0 Å². The lowest BCUT2D eigenvalue weighted by molar-refractivity contribution is 0.0930. The SMILES string of the molecule is CN(C)CC(NC(=O)c1cc2c(=O)[nH]c(-c3ccc4ccccc4c3)cn2c1)c1ccccc1. The fourth-order valence-electron chi connectivity index (χ4n) is 4.28. The molecule has 0 saturated heterocycles. The quantitative estimate of drug-likeness (QED) is 0.401. The Hall–Kier alpha value is -4.16. The van der Waals surface area contributed by atoms with Gasteiger partial charge in [-0.3, -0.25) is 9.59 Å². The topological polar surface area (TPSA) is 69.6 Å². The zero-order chi connectivity index (χ0) is 23.7. The third-order valence-electron chi connectivity index (χ3n) is 5.98. The Morgan fingerprint density at radius 2 is 1.68 bits per heavy atom. The molecule has 6 heteroatoms. The van der Waals surface area contributed by atoms with E-state index in [0.29, 0.717) is 23.3 Å². The number of nitrogens with zero attached hydrogens (tertiary/aromatic N) is 2. The molecule has 0 aliphatic carbocycles. The molecule has 0 aliphatic heterocycles. The van der Waals surface area contributed by atoms with Gasteiger partial charge in [0.05, 0.1) is 17.3 Å². The number of nitrogens with one attached hydrogen (secondary N) is 2. The van der Waals surface area contributed by atoms with E-state index < -0.39 is 0 Å². The molecule has 5 aromatic rings. The van der Waals surface area contributed by atoms with Crippen molar-refractivity contribution in [1.82, 2.24) is 19.6 Å². The minimum atomic E-state index is -0.238. The van der Waals surface area contributed by atoms with Crippen LogP contribution in [0, 0.1) is 0 Å². The molecule has 0 radical (unpaired) electrons. The number of benzene rings is 3. The molecule has 34 heavy (non-hydrogen) atoms. The summed E-state index contributed by atoms with van der Waals surface area (Å²) in [6, 6.07) is 25.5. The molecule has 0 bridgehead atoms. The largest absolute Gasteiger partial charge is 0.344 e. The lowest BCUT2D eigenvalue weighted by Crippen LogP contribution is -2.35. The van der Waals surface area contributed by atoms with Crippen molar-refractivity contribution >= 4 is 22.2 Å². The second-order valence-electron chi connectivity index (χ2n) is 8.78. The maximum atomic E-state index is 13.1. The molecule has 0 fully saturated rings. The third kappa shape index (κ3) is 4.36. The van der Waals surface area contributed by atoms with Gasteiger partial charge in [0.25, 0.3) is 11.5 Å². The van der Waals surface area contributed by atoms with Crippen molar-refractivity contribution in [2.24, 2.45) is 0 Å². The molecule has 170 valence electrons. The normalized spacial score (nSPS) is 12.3. The molecule has 6 nitrogen and oxygen atoms in total. The van der Waals surface area contributed by atoms with Crippen molar-refractivity contribution in [3.63, 3.8) is 0 Å². The number of rotatable bonds is 6. The highest BCUT2D eigenvalue weighted by Gasteiger charge is 2.18. The zero-order valence-electron chi connectivity index (χ0n) is 19.2. The first-order valence-electron chi connectivity index (χ1n) is 11.2. The summed E-state index contributed by atoms with van der Waals surface area (Å²) in [4.78, 5) is 31.0. The predicted molar refractivity (Wildman–Crippen MR) is 136 cm³/mol. The molecule has 1 atom stereocenters. The predicted octanol–water partition coefficient (Wildman–Crippen LogP) is 4.48. The number of hydrogen-bond acceptors (Lipinski definition) is 3. The van der Waals surface area contributed by atoms with E-state index in [0.717, 1.165) is 21.9 Å². The van der Waals surface area contributed by atoms with E-state index in [1.54, 1.807) is 16.7 Å². The standard InChI is InChI=1S/C28H26N4O2/c1-31(2)17-24(20-9-4-3-5-10-20)29-27(33)23-15-26-28(34)30-25(18-32(26)16-23)22-13-12-19-8-6-7-11-21(19)14-22/h3-16,18,24H,17H2,1-2H3,(H,29,33)(H,30,34). The maximum Gasteiger partial charge on any atom is 0.272 e. The first-order chi connectivity index (χ1) is 16.5. The van der Waals surface area contributed by atoms with Gasteiger partial charge in [-0.05, 0) is 42.6 Å². The van der Waals surface area contributed by atoms with Crippen LogP contribution in [0.25, 0.3) is 27.5 Å². The van der Waals surface area contributed by atoms with Crippen LogP contribution in [0.15, 0.2) is 96.1 Å². The first-order valence-corrected chi connectivity index (χ1v) is 11.2. The Kier molecular flexibility index (Phi) is 5.74. The third-order valence-corrected chi connectivity index (χ3v) is 5.98. The Labute approximate surface area is 197 Å². The molecule has 1 amide bonds. The van der Waals surface area contributed by atoms with Gasteiger partial charge in [0.15, 0.2) is 0 Å². The van der Waals surface area contributed by atoms with Gasteiger partial charge in [0, 0.05) is 24.5 Å². The minimum Gasteiger partial charge on any atom is -0.344 e. The van der Waals surface area contributed by atoms with Crippen LogP contribution in [-0.2, 0) is 0 Å². The smallest absolute Gasteiger partial charge is 0.272 e. The molecule has 2 N–H and O–H groups in total. The first kappa shape index (κ1) is 21.7. The van der Waals surface area contributed by atoms with Crippen LogP contribution in [0.1, 0.15) is 22.0 Å². The molecule has 2 aromatic heterocycles. The van der Waals surface area contributed by atoms with E-state index in [1.807, 2.05) is 85.9 Å². The number of aromatic amines is 1. The molecular weight excluding hydrogens is 424 g/mol. The summed E-state index contributed by atoms with van der Waals surface area (Å²) >= 11 is 0. The van der Waals surface area contributed by atoms with E-state index in [2.05, 4.69) is 22.4 Å². The summed E-state index contributed by atoms with van der Waals surface area (Å²) in [6.45, 7) is 0.663. The van der Waals surface area contributed by atoms with E-state index in [4.69, 9.17) is 0 Å². The summed E-state index contributed by atoms with van der Waals surface area (Å²) in [5.41, 5.74) is 3.27. The summed E-state index contributed by atoms with van der Waals surface area (Å²) in [5, 5.41) is 5.36. The van der Waals surface area contributed by atoms with Gasteiger partial charge in [-0.1, -0.05) is 66.7 Å². The summed E-state index contributed by atoms with van der Waals surface area (Å²) in [6.07, 6.45) is 3.56. The number of carbonyl (C=O) groups is 1. The molecular formula is C28H26N4O2. The summed E-state index contributed by atoms with van der Waals surface area (Å²) in [5.74, 6) is -0.217. The van der Waals surface area contributed by atoms with Crippen LogP contribution < -0.4 is 10.9 Å². The van der Waals surface area contributed by atoms with Gasteiger partial charge in [-0.2, -0.15) is 0 Å². The highest BCUT2D eigenvalue weighted by atomic mass is 16.2. The van der Waals surface area contributed by atoms with E-state index in [9.17, 15) is 9.59 Å². The second kappa shape index (κ2) is 9.00. The van der Waals surface area contributed by atoms with Crippen LogP contribution in [-0.4, -0.2) is 40.8 Å². The van der Waals surface area contributed by atoms with Crippen LogP contribution in [0.5, 0.6) is 0 Å². The number of hydrogen-bond donors (Lipinski definition) is 2. The Morgan fingerprint density at radius 1 is 0.941 bits per heavy atom. The Morgan fingerprint density at radius 3 is 2.44 bits per heavy atom. The monoisotopic (exact) mass is 450 g/mol. The van der Waals surface area contributed by atoms with E-state index in [1.165, 1.54) is 0 Å². The van der Waals surface area contributed by atoms with Crippen molar-refractivity contribution in [1.29, 1.82) is 0 Å². The van der Waals surface area contributed by atoms with E-state index in [-0.39, 0.29) is 17.5 Å². The van der Waals surface area contributed by atoms with Crippen molar-refractivity contribution in [3.8, 4) is 11.3 Å². The molecule has 3 aromatic carbocycles. The van der Waals surface area contributed by atoms with Gasteiger partial charge in [0.2, 0.25) is 0 Å². The molecule has 0 spiro atoms. The number of carbonyl (C=O) groups excluding carboxylic acids is 1. The fraction of sp³-hybridized carbons (Fsp3) is 0.143. The fourth-order valence-corrected chi connectivity index (χ4v) is 4.28. The summed E-state index contributed by atoms with van der Waals surface area (Å²) in [7, 11) is 3.95. The lowest BCUT2D eigenvalue weighted by Gasteiger charge is -2.22. The molecule has 2 heterocycles. The second-order valence-corrected chi connectivity index (χ2v) is 8.78. The number of likely N-dealkylation sites (N-methyl/N-ethyl adjacent to an activating group) is 1. The van der Waals surface area contributed by atoms with Crippen LogP contribution in [0.3, 0.4) is 0 Å². The molecule has 1 unspecified atom stereocenters. The number of fused-ring (bicyclic) bond motifs is 2.